The average molecular weight is 236 g/mol. The van der Waals surface area contributed by atoms with E-state index in [4.69, 9.17) is 10.9 Å². The van der Waals surface area contributed by atoms with Gasteiger partial charge in [0.05, 0.1) is 0 Å². The molecule has 0 unspecified atom stereocenters. The monoisotopic (exact) mass is 236 g/mol. The second-order valence-electron chi connectivity index (χ2n) is 3.82. The molecule has 6 heteroatoms. The maximum atomic E-state index is 11.4. The van der Waals surface area contributed by atoms with Gasteiger partial charge in [-0.25, -0.2) is 4.79 Å². The lowest BCUT2D eigenvalue weighted by molar-refractivity contribution is 0.250. The molecule has 5 N–H and O–H groups in total. The number of nitrogens with two attached hydrogens (primary N) is 1. The summed E-state index contributed by atoms with van der Waals surface area (Å²) in [5.41, 5.74) is 6.56. The van der Waals surface area contributed by atoms with Gasteiger partial charge in [-0.2, -0.15) is 0 Å². The van der Waals surface area contributed by atoms with Crippen molar-refractivity contribution in [3.8, 4) is 0 Å². The number of anilines is 1. The summed E-state index contributed by atoms with van der Waals surface area (Å²) in [4.78, 5) is 11.4. The summed E-state index contributed by atoms with van der Waals surface area (Å²) < 4.78 is 0. The predicted octanol–water partition coefficient (Wildman–Crippen LogP) is 1.31. The molecule has 0 heterocycles. The number of nitrogens with one attached hydrogen (secondary N) is 2. The Labute approximate surface area is 99.5 Å². The van der Waals surface area contributed by atoms with Crippen molar-refractivity contribution >= 4 is 17.6 Å². The third kappa shape index (κ3) is 4.02. The third-order valence-corrected chi connectivity index (χ3v) is 1.94. The van der Waals surface area contributed by atoms with Gasteiger partial charge in [-0.3, -0.25) is 0 Å². The van der Waals surface area contributed by atoms with Crippen molar-refractivity contribution in [3.63, 3.8) is 0 Å². The van der Waals surface area contributed by atoms with Crippen LogP contribution in [0, 0.1) is 0 Å². The zero-order valence-electron chi connectivity index (χ0n) is 9.77. The molecule has 0 saturated heterocycles. The van der Waals surface area contributed by atoms with Crippen LogP contribution in [-0.4, -0.2) is 23.1 Å². The van der Waals surface area contributed by atoms with Crippen molar-refractivity contribution < 1.29 is 10.0 Å². The number of urea groups is 1. The van der Waals surface area contributed by atoms with Crippen LogP contribution in [0.3, 0.4) is 0 Å². The second-order valence-corrected chi connectivity index (χ2v) is 3.82. The zero-order chi connectivity index (χ0) is 12.8. The van der Waals surface area contributed by atoms with Crippen molar-refractivity contribution in [3.05, 3.63) is 29.8 Å². The average Bonchev–Trinajstić information content (AvgIpc) is 2.27. The van der Waals surface area contributed by atoms with Crippen LogP contribution in [0.2, 0.25) is 0 Å². The number of amidine groups is 1. The molecule has 0 aliphatic carbocycles. The number of oxime groups is 1. The van der Waals surface area contributed by atoms with E-state index in [0.29, 0.717) is 11.3 Å². The molecule has 0 aromatic heterocycles. The van der Waals surface area contributed by atoms with Crippen LogP contribution in [0.15, 0.2) is 29.4 Å². The molecule has 1 rings (SSSR count). The van der Waals surface area contributed by atoms with Crippen LogP contribution in [0.25, 0.3) is 0 Å². The Bertz CT molecular complexity index is 429. The normalized spacial score (nSPS) is 11.4. The molecular weight excluding hydrogens is 220 g/mol. The first-order chi connectivity index (χ1) is 8.02. The molecule has 0 saturated carbocycles. The summed E-state index contributed by atoms with van der Waals surface area (Å²) in [6.45, 7) is 3.73. The van der Waals surface area contributed by atoms with E-state index in [0.717, 1.165) is 0 Å². The minimum Gasteiger partial charge on any atom is -0.409 e. The summed E-state index contributed by atoms with van der Waals surface area (Å²) >= 11 is 0. The number of carbonyl (C=O) groups is 1. The van der Waals surface area contributed by atoms with Gasteiger partial charge in [0.2, 0.25) is 0 Å². The summed E-state index contributed by atoms with van der Waals surface area (Å²) in [7, 11) is 0. The lowest BCUT2D eigenvalue weighted by Gasteiger charge is -2.10. The lowest BCUT2D eigenvalue weighted by atomic mass is 10.2. The molecular formula is C11H16N4O2. The van der Waals surface area contributed by atoms with Gasteiger partial charge in [-0.05, 0) is 26.0 Å². The standard InChI is InChI=1S/C11H16N4O2/c1-7(2)13-11(16)14-9-5-3-4-8(6-9)10(12)15-17/h3-7,17H,1-2H3,(H2,12,15)(H2,13,14,16). The molecule has 0 fully saturated rings. The van der Waals surface area contributed by atoms with E-state index in [9.17, 15) is 4.79 Å². The Balaban J connectivity index is 2.76. The van der Waals surface area contributed by atoms with Crippen LogP contribution in [0.4, 0.5) is 10.5 Å². The smallest absolute Gasteiger partial charge is 0.319 e. The van der Waals surface area contributed by atoms with Gasteiger partial charge in [0, 0.05) is 17.3 Å². The topological polar surface area (TPSA) is 99.7 Å². The minimum absolute atomic E-state index is 0.00193. The second kappa shape index (κ2) is 5.74. The van der Waals surface area contributed by atoms with Crippen molar-refractivity contribution in [2.75, 3.05) is 5.32 Å². The Hall–Kier alpha value is -2.24. The highest BCUT2D eigenvalue weighted by atomic mass is 16.4. The number of nitrogens with zero attached hydrogens (tertiary/aromatic N) is 1. The van der Waals surface area contributed by atoms with Crippen LogP contribution < -0.4 is 16.4 Å². The SMILES string of the molecule is CC(C)NC(=O)Nc1cccc(/C(N)=N/O)c1. The number of amides is 2. The van der Waals surface area contributed by atoms with Gasteiger partial charge in [-0.1, -0.05) is 17.3 Å². The van der Waals surface area contributed by atoms with Gasteiger partial charge < -0.3 is 21.6 Å². The lowest BCUT2D eigenvalue weighted by Crippen LogP contribution is -2.34. The van der Waals surface area contributed by atoms with Gasteiger partial charge >= 0.3 is 6.03 Å². The highest BCUT2D eigenvalue weighted by molar-refractivity contribution is 5.99. The van der Waals surface area contributed by atoms with Crippen LogP contribution in [-0.2, 0) is 0 Å². The van der Waals surface area contributed by atoms with Gasteiger partial charge in [0.1, 0.15) is 0 Å². The first-order valence-corrected chi connectivity index (χ1v) is 5.18. The molecule has 0 atom stereocenters. The molecule has 0 aliphatic heterocycles. The van der Waals surface area contributed by atoms with Crippen LogP contribution in [0.1, 0.15) is 19.4 Å². The maximum absolute atomic E-state index is 11.4. The summed E-state index contributed by atoms with van der Waals surface area (Å²) in [6.07, 6.45) is 0. The highest BCUT2D eigenvalue weighted by Crippen LogP contribution is 2.10. The first kappa shape index (κ1) is 12.8. The van der Waals surface area contributed by atoms with E-state index in [1.165, 1.54) is 0 Å². The van der Waals surface area contributed by atoms with E-state index in [1.807, 2.05) is 13.8 Å². The number of rotatable bonds is 3. The minimum atomic E-state index is -0.295. The van der Waals surface area contributed by atoms with Gasteiger partial charge in [0.25, 0.3) is 0 Å². The largest absolute Gasteiger partial charge is 0.409 e. The first-order valence-electron chi connectivity index (χ1n) is 5.18. The number of benzene rings is 1. The Morgan fingerprint density at radius 2 is 2.18 bits per heavy atom. The summed E-state index contributed by atoms with van der Waals surface area (Å²) in [5.74, 6) is -0.00193. The molecule has 0 bridgehead atoms. The Morgan fingerprint density at radius 1 is 1.47 bits per heavy atom. The van der Waals surface area contributed by atoms with Crippen LogP contribution >= 0.6 is 0 Å². The fourth-order valence-corrected chi connectivity index (χ4v) is 1.24. The van der Waals surface area contributed by atoms with Crippen molar-refractivity contribution in [2.24, 2.45) is 10.9 Å². The molecule has 1 aromatic rings. The third-order valence-electron chi connectivity index (χ3n) is 1.94. The maximum Gasteiger partial charge on any atom is 0.319 e. The van der Waals surface area contributed by atoms with E-state index in [-0.39, 0.29) is 17.9 Å². The van der Waals surface area contributed by atoms with Crippen LogP contribution in [0.5, 0.6) is 0 Å². The molecule has 0 aliphatic rings. The molecule has 0 radical (unpaired) electrons. The van der Waals surface area contributed by atoms with Crippen molar-refractivity contribution in [2.45, 2.75) is 19.9 Å². The fraction of sp³-hybridized carbons (Fsp3) is 0.273. The number of carbonyl (C=O) groups excluding carboxylic acids is 1. The Kier molecular flexibility index (Phi) is 4.33. The van der Waals surface area contributed by atoms with E-state index in [1.54, 1.807) is 24.3 Å². The molecule has 1 aromatic carbocycles. The van der Waals surface area contributed by atoms with E-state index >= 15 is 0 Å². The van der Waals surface area contributed by atoms with Crippen molar-refractivity contribution in [1.82, 2.24) is 5.32 Å². The quantitative estimate of drug-likeness (QED) is 0.275. The van der Waals surface area contributed by atoms with E-state index in [2.05, 4.69) is 15.8 Å². The van der Waals surface area contributed by atoms with E-state index < -0.39 is 0 Å². The number of hydrogen-bond acceptors (Lipinski definition) is 3. The fourth-order valence-electron chi connectivity index (χ4n) is 1.24. The van der Waals surface area contributed by atoms with Gasteiger partial charge in [0.15, 0.2) is 5.84 Å². The molecule has 17 heavy (non-hydrogen) atoms. The molecule has 2 amide bonds. The highest BCUT2D eigenvalue weighted by Gasteiger charge is 2.05. The van der Waals surface area contributed by atoms with Crippen molar-refractivity contribution in [1.29, 1.82) is 0 Å². The van der Waals surface area contributed by atoms with Gasteiger partial charge in [-0.15, -0.1) is 0 Å². The number of hydrogen-bond donors (Lipinski definition) is 4. The molecule has 92 valence electrons. The summed E-state index contributed by atoms with van der Waals surface area (Å²) in [5, 5.41) is 16.8. The summed E-state index contributed by atoms with van der Waals surface area (Å²) in [6, 6.07) is 6.49. The molecule has 0 spiro atoms. The molecule has 6 nitrogen and oxygen atoms in total. The Morgan fingerprint density at radius 3 is 2.76 bits per heavy atom. The zero-order valence-corrected chi connectivity index (χ0v) is 9.77. The predicted molar refractivity (Wildman–Crippen MR) is 66.2 cm³/mol.